The van der Waals surface area contributed by atoms with Gasteiger partial charge in [0.2, 0.25) is 5.78 Å². The molecule has 0 bridgehead atoms. The van der Waals surface area contributed by atoms with Crippen molar-refractivity contribution >= 4 is 34.1 Å². The molecule has 2 N–H and O–H groups in total. The number of phenols is 1. The monoisotopic (exact) mass is 495 g/mol. The summed E-state index contributed by atoms with van der Waals surface area (Å²) >= 11 is 0. The maximum Gasteiger partial charge on any atom is 0.231 e. The van der Waals surface area contributed by atoms with Gasteiger partial charge in [-0.15, -0.1) is 12.4 Å². The van der Waals surface area contributed by atoms with Gasteiger partial charge in [-0.2, -0.15) is 0 Å². The third-order valence-electron chi connectivity index (χ3n) is 5.78. The SMILES string of the molecule is COc1ccc(OC)c(/C=C2\Oc3c(cc(CNC4CCS(=O)(=O)C4)c(O)c3C)C2=O)c1.Cl. The number of carbonyl (C=O) groups is 1. The highest BCUT2D eigenvalue weighted by Gasteiger charge is 2.32. The lowest BCUT2D eigenvalue weighted by Crippen LogP contribution is -2.29. The zero-order valence-corrected chi connectivity index (χ0v) is 20.1. The zero-order chi connectivity index (χ0) is 23.0. The van der Waals surface area contributed by atoms with E-state index in [0.29, 0.717) is 45.9 Å². The fraction of sp³-hybridized carbons (Fsp3) is 0.348. The van der Waals surface area contributed by atoms with Crippen LogP contribution in [0.3, 0.4) is 0 Å². The number of benzene rings is 2. The van der Waals surface area contributed by atoms with Crippen molar-refractivity contribution in [1.82, 2.24) is 5.32 Å². The van der Waals surface area contributed by atoms with Gasteiger partial charge in [-0.25, -0.2) is 8.42 Å². The van der Waals surface area contributed by atoms with E-state index in [0.717, 1.165) is 0 Å². The number of hydrogen-bond donors (Lipinski definition) is 2. The standard InChI is InChI=1S/C23H25NO7S.ClH/c1-13-21(25)15(11-24-16-6-7-32(27,28)12-16)9-18-22(26)20(31-23(13)18)10-14-8-17(29-2)4-5-19(14)30-3;/h4-5,8-10,16,24-25H,6-7,11-12H2,1-3H3;1H/b20-10-;. The predicted octanol–water partition coefficient (Wildman–Crippen LogP) is 3.03. The number of carbonyl (C=O) groups excluding carboxylic acids is 1. The van der Waals surface area contributed by atoms with Crippen LogP contribution in [0.1, 0.15) is 33.5 Å². The molecule has 0 saturated carbocycles. The summed E-state index contributed by atoms with van der Waals surface area (Å²) in [5.74, 6) is 1.54. The first-order chi connectivity index (χ1) is 15.2. The van der Waals surface area contributed by atoms with Gasteiger partial charge >= 0.3 is 0 Å². The van der Waals surface area contributed by atoms with E-state index in [4.69, 9.17) is 14.2 Å². The Kier molecular flexibility index (Phi) is 7.26. The van der Waals surface area contributed by atoms with Crippen molar-refractivity contribution in [2.24, 2.45) is 0 Å². The highest BCUT2D eigenvalue weighted by molar-refractivity contribution is 7.91. The van der Waals surface area contributed by atoms with Gasteiger partial charge in [0.25, 0.3) is 0 Å². The number of sulfone groups is 1. The van der Waals surface area contributed by atoms with Crippen molar-refractivity contribution in [1.29, 1.82) is 0 Å². The van der Waals surface area contributed by atoms with Crippen LogP contribution < -0.4 is 19.5 Å². The van der Waals surface area contributed by atoms with Crippen LogP contribution in [0.5, 0.6) is 23.0 Å². The number of ether oxygens (including phenoxy) is 3. The summed E-state index contributed by atoms with van der Waals surface area (Å²) in [5, 5.41) is 13.8. The van der Waals surface area contributed by atoms with Crippen LogP contribution in [0.2, 0.25) is 0 Å². The summed E-state index contributed by atoms with van der Waals surface area (Å²) in [5.41, 5.74) is 1.94. The molecule has 8 nitrogen and oxygen atoms in total. The first-order valence-electron chi connectivity index (χ1n) is 10.2. The van der Waals surface area contributed by atoms with E-state index in [1.54, 1.807) is 44.4 Å². The van der Waals surface area contributed by atoms with Crippen molar-refractivity contribution < 1.29 is 32.5 Å². The van der Waals surface area contributed by atoms with E-state index in [2.05, 4.69) is 5.32 Å². The molecule has 2 heterocycles. The molecular formula is C23H26ClNO7S. The average molecular weight is 496 g/mol. The maximum absolute atomic E-state index is 13.1. The maximum atomic E-state index is 13.1. The van der Waals surface area contributed by atoms with E-state index < -0.39 is 9.84 Å². The van der Waals surface area contributed by atoms with Crippen LogP contribution in [0.4, 0.5) is 0 Å². The highest BCUT2D eigenvalue weighted by atomic mass is 35.5. The molecule has 0 radical (unpaired) electrons. The topological polar surface area (TPSA) is 111 Å². The first kappa shape index (κ1) is 24.9. The number of nitrogens with one attached hydrogen (secondary N) is 1. The first-order valence-corrected chi connectivity index (χ1v) is 12.0. The molecule has 2 aromatic carbocycles. The van der Waals surface area contributed by atoms with E-state index in [-0.39, 0.29) is 53.8 Å². The fourth-order valence-electron chi connectivity index (χ4n) is 3.98. The van der Waals surface area contributed by atoms with Crippen molar-refractivity contribution in [2.45, 2.75) is 25.9 Å². The molecule has 4 rings (SSSR count). The molecule has 10 heteroatoms. The van der Waals surface area contributed by atoms with Crippen molar-refractivity contribution in [2.75, 3.05) is 25.7 Å². The van der Waals surface area contributed by atoms with Crippen LogP contribution in [0.15, 0.2) is 30.0 Å². The summed E-state index contributed by atoms with van der Waals surface area (Å²) in [6, 6.07) is 6.66. The largest absolute Gasteiger partial charge is 0.507 e. The van der Waals surface area contributed by atoms with Gasteiger partial charge in [-0.3, -0.25) is 4.79 Å². The molecule has 2 aliphatic rings. The van der Waals surface area contributed by atoms with Gasteiger partial charge in [-0.1, -0.05) is 0 Å². The van der Waals surface area contributed by atoms with Gasteiger partial charge in [0.05, 0.1) is 31.3 Å². The Balaban J connectivity index is 0.00000306. The van der Waals surface area contributed by atoms with Crippen LogP contribution in [-0.4, -0.2) is 51.1 Å². The summed E-state index contributed by atoms with van der Waals surface area (Å²) < 4.78 is 39.8. The van der Waals surface area contributed by atoms with E-state index >= 15 is 0 Å². The number of rotatable bonds is 6. The molecule has 33 heavy (non-hydrogen) atoms. The molecule has 0 aromatic heterocycles. The molecule has 178 valence electrons. The molecule has 0 spiro atoms. The minimum atomic E-state index is -3.01. The number of methoxy groups -OCH3 is 2. The fourth-order valence-corrected chi connectivity index (χ4v) is 5.69. The van der Waals surface area contributed by atoms with Crippen molar-refractivity contribution in [3.8, 4) is 23.0 Å². The molecule has 1 unspecified atom stereocenters. The lowest BCUT2D eigenvalue weighted by molar-refractivity contribution is 0.101. The molecular weight excluding hydrogens is 470 g/mol. The second-order valence-electron chi connectivity index (χ2n) is 7.91. The van der Waals surface area contributed by atoms with Crippen LogP contribution in [-0.2, 0) is 16.4 Å². The Bertz CT molecular complexity index is 1220. The molecule has 0 amide bonds. The summed E-state index contributed by atoms with van der Waals surface area (Å²) in [4.78, 5) is 13.1. The minimum absolute atomic E-state index is 0. The Labute approximate surface area is 198 Å². The van der Waals surface area contributed by atoms with Gasteiger partial charge in [0.15, 0.2) is 15.6 Å². The number of ketones is 1. The zero-order valence-electron chi connectivity index (χ0n) is 18.5. The highest BCUT2D eigenvalue weighted by Crippen LogP contribution is 2.41. The molecule has 0 aliphatic carbocycles. The minimum Gasteiger partial charge on any atom is -0.507 e. The number of Topliss-reactive ketones (excluding diaryl/α,β-unsaturated/α-hetero) is 1. The third-order valence-corrected chi connectivity index (χ3v) is 7.55. The smallest absolute Gasteiger partial charge is 0.231 e. The van der Waals surface area contributed by atoms with Gasteiger partial charge in [0.1, 0.15) is 23.0 Å². The molecule has 2 aliphatic heterocycles. The van der Waals surface area contributed by atoms with Gasteiger partial charge in [-0.05, 0) is 43.7 Å². The van der Waals surface area contributed by atoms with Crippen molar-refractivity contribution in [3.05, 3.63) is 52.3 Å². The number of aromatic hydroxyl groups is 1. The van der Waals surface area contributed by atoms with Gasteiger partial charge < -0.3 is 24.6 Å². The molecule has 1 fully saturated rings. The number of fused-ring (bicyclic) bond motifs is 1. The van der Waals surface area contributed by atoms with Crippen molar-refractivity contribution in [3.63, 3.8) is 0 Å². The number of phenolic OH excluding ortho intramolecular Hbond substituents is 1. The Morgan fingerprint density at radius 3 is 2.64 bits per heavy atom. The molecule has 1 atom stereocenters. The van der Waals surface area contributed by atoms with Crippen LogP contribution in [0.25, 0.3) is 6.08 Å². The van der Waals surface area contributed by atoms with E-state index in [1.807, 2.05) is 0 Å². The number of hydrogen-bond acceptors (Lipinski definition) is 8. The van der Waals surface area contributed by atoms with Gasteiger partial charge in [0, 0.05) is 29.3 Å². The normalized spacial score (nSPS) is 19.7. The third kappa shape index (κ3) is 4.95. The van der Waals surface area contributed by atoms with E-state index in [9.17, 15) is 18.3 Å². The second-order valence-corrected chi connectivity index (χ2v) is 10.1. The quantitative estimate of drug-likeness (QED) is 0.588. The summed E-state index contributed by atoms with van der Waals surface area (Å²) in [6.45, 7) is 1.93. The Morgan fingerprint density at radius 1 is 1.24 bits per heavy atom. The Hall–Kier alpha value is -2.75. The summed E-state index contributed by atoms with van der Waals surface area (Å²) in [7, 11) is 0.0746. The van der Waals surface area contributed by atoms with Crippen LogP contribution >= 0.6 is 12.4 Å². The molecule has 2 aromatic rings. The number of halogens is 1. The lowest BCUT2D eigenvalue weighted by atomic mass is 10.0. The predicted molar refractivity (Wildman–Crippen MR) is 126 cm³/mol. The second kappa shape index (κ2) is 9.62. The van der Waals surface area contributed by atoms with E-state index in [1.165, 1.54) is 7.11 Å². The summed E-state index contributed by atoms with van der Waals surface area (Å²) in [6.07, 6.45) is 2.12. The lowest BCUT2D eigenvalue weighted by Gasteiger charge is -2.14. The Morgan fingerprint density at radius 2 is 2.00 bits per heavy atom. The average Bonchev–Trinajstić information content (AvgIpc) is 3.28. The molecule has 1 saturated heterocycles. The number of allylic oxidation sites excluding steroid dienone is 1. The van der Waals surface area contributed by atoms with Crippen LogP contribution in [0, 0.1) is 6.92 Å².